The highest BCUT2D eigenvalue weighted by Crippen LogP contribution is 2.36. The van der Waals surface area contributed by atoms with Crippen LogP contribution in [0.5, 0.6) is 0 Å². The van der Waals surface area contributed by atoms with Gasteiger partial charge in [-0.05, 0) is 57.0 Å². The molecule has 3 aromatic rings. The highest BCUT2D eigenvalue weighted by Gasteiger charge is 2.33. The van der Waals surface area contributed by atoms with Crippen molar-refractivity contribution in [3.63, 3.8) is 0 Å². The Kier molecular flexibility index (Phi) is 5.94. The number of rotatable bonds is 5. The predicted molar refractivity (Wildman–Crippen MR) is 120 cm³/mol. The first-order valence-electron chi connectivity index (χ1n) is 10.7. The fourth-order valence-electron chi connectivity index (χ4n) is 4.33. The maximum atomic E-state index is 13.4. The highest BCUT2D eigenvalue weighted by molar-refractivity contribution is 5.94. The summed E-state index contributed by atoms with van der Waals surface area (Å²) in [5, 5.41) is 16.9. The zero-order valence-electron chi connectivity index (χ0n) is 18.6. The van der Waals surface area contributed by atoms with Gasteiger partial charge in [0.2, 0.25) is 0 Å². The zero-order chi connectivity index (χ0) is 23.0. The van der Waals surface area contributed by atoms with Crippen LogP contribution in [0.3, 0.4) is 0 Å². The molecule has 0 amide bonds. The van der Waals surface area contributed by atoms with E-state index >= 15 is 0 Å². The van der Waals surface area contributed by atoms with E-state index in [0.29, 0.717) is 17.4 Å². The third kappa shape index (κ3) is 4.21. The van der Waals surface area contributed by atoms with Crippen molar-refractivity contribution >= 4 is 22.4 Å². The van der Waals surface area contributed by atoms with Gasteiger partial charge in [0.15, 0.2) is 5.82 Å². The Morgan fingerprint density at radius 1 is 1.19 bits per heavy atom. The van der Waals surface area contributed by atoms with E-state index in [4.69, 9.17) is 0 Å². The molecule has 3 heterocycles. The van der Waals surface area contributed by atoms with Crippen LogP contribution in [0.25, 0.3) is 10.8 Å². The molecular formula is C23H27F3N6. The second-order valence-electron chi connectivity index (χ2n) is 8.36. The molecule has 2 atom stereocenters. The SMILES string of the molecule is Cc1c([C@@H](C)Nc2nnc(C)c3cnc(N(C)[C@H]4CCNC4)cc23)cccc1C(F)(F)F. The lowest BCUT2D eigenvalue weighted by Gasteiger charge is -2.25. The molecule has 1 fully saturated rings. The van der Waals surface area contributed by atoms with Crippen molar-refractivity contribution in [2.24, 2.45) is 0 Å². The number of likely N-dealkylation sites (N-methyl/N-ethyl adjacent to an activating group) is 1. The number of anilines is 2. The summed E-state index contributed by atoms with van der Waals surface area (Å²) in [5.41, 5.74) is 0.901. The number of halogens is 3. The van der Waals surface area contributed by atoms with Crippen LogP contribution in [-0.2, 0) is 6.18 Å². The van der Waals surface area contributed by atoms with Gasteiger partial charge in [0.25, 0.3) is 0 Å². The molecule has 1 aromatic carbocycles. The normalized spacial score (nSPS) is 17.5. The monoisotopic (exact) mass is 444 g/mol. The van der Waals surface area contributed by atoms with Gasteiger partial charge < -0.3 is 15.5 Å². The Bertz CT molecular complexity index is 1120. The van der Waals surface area contributed by atoms with E-state index in [1.165, 1.54) is 13.0 Å². The first-order chi connectivity index (χ1) is 15.2. The molecule has 0 radical (unpaired) electrons. The van der Waals surface area contributed by atoms with E-state index < -0.39 is 17.8 Å². The largest absolute Gasteiger partial charge is 0.416 e. The van der Waals surface area contributed by atoms with Gasteiger partial charge in [0.1, 0.15) is 5.82 Å². The topological polar surface area (TPSA) is 66.0 Å². The van der Waals surface area contributed by atoms with Gasteiger partial charge in [-0.15, -0.1) is 5.10 Å². The molecule has 0 spiro atoms. The van der Waals surface area contributed by atoms with Crippen molar-refractivity contribution in [2.45, 2.75) is 45.5 Å². The molecular weight excluding hydrogens is 417 g/mol. The van der Waals surface area contributed by atoms with Gasteiger partial charge in [-0.3, -0.25) is 0 Å². The van der Waals surface area contributed by atoms with Crippen molar-refractivity contribution in [1.82, 2.24) is 20.5 Å². The Balaban J connectivity index is 1.70. The van der Waals surface area contributed by atoms with Gasteiger partial charge in [0, 0.05) is 36.6 Å². The standard InChI is InChI=1S/C23H27F3N6/c1-13-17(6-5-7-20(13)23(24,25)26)14(2)29-22-18-10-21(32(4)16-8-9-27-11-16)28-12-19(18)15(3)30-31-22/h5-7,10,12,14,16,27H,8-9,11H2,1-4H3,(H,29,31)/t14-,16+/m1/s1. The van der Waals surface area contributed by atoms with E-state index in [0.717, 1.165) is 47.9 Å². The molecule has 0 unspecified atom stereocenters. The molecule has 32 heavy (non-hydrogen) atoms. The van der Waals surface area contributed by atoms with Gasteiger partial charge in [-0.1, -0.05) is 12.1 Å². The van der Waals surface area contributed by atoms with E-state index in [1.807, 2.05) is 27.0 Å². The smallest absolute Gasteiger partial charge is 0.362 e. The lowest BCUT2D eigenvalue weighted by atomic mass is 9.97. The van der Waals surface area contributed by atoms with Crippen LogP contribution in [-0.4, -0.2) is 41.4 Å². The Hall–Kier alpha value is -2.94. The first-order valence-corrected chi connectivity index (χ1v) is 10.7. The average molecular weight is 445 g/mol. The second-order valence-corrected chi connectivity index (χ2v) is 8.36. The molecule has 2 aromatic heterocycles. The van der Waals surface area contributed by atoms with E-state index in [-0.39, 0.29) is 5.56 Å². The molecule has 1 saturated heterocycles. The summed E-state index contributed by atoms with van der Waals surface area (Å²) >= 11 is 0. The number of alkyl halides is 3. The number of nitrogens with one attached hydrogen (secondary N) is 2. The van der Waals surface area contributed by atoms with Crippen LogP contribution in [0, 0.1) is 13.8 Å². The molecule has 6 nitrogen and oxygen atoms in total. The fraction of sp³-hybridized carbons (Fsp3) is 0.435. The number of hydrogen-bond donors (Lipinski definition) is 2. The molecule has 0 aliphatic carbocycles. The number of nitrogens with zero attached hydrogens (tertiary/aromatic N) is 4. The van der Waals surface area contributed by atoms with Crippen LogP contribution in [0.4, 0.5) is 24.8 Å². The van der Waals surface area contributed by atoms with Crippen molar-refractivity contribution in [3.05, 3.63) is 52.8 Å². The van der Waals surface area contributed by atoms with Crippen LogP contribution in [0.1, 0.15) is 41.8 Å². The predicted octanol–water partition coefficient (Wildman–Crippen LogP) is 4.63. The van der Waals surface area contributed by atoms with E-state index in [1.54, 1.807) is 12.3 Å². The van der Waals surface area contributed by atoms with Crippen molar-refractivity contribution < 1.29 is 13.2 Å². The molecule has 4 rings (SSSR count). The minimum absolute atomic E-state index is 0.209. The van der Waals surface area contributed by atoms with Gasteiger partial charge in [0.05, 0.1) is 17.3 Å². The molecule has 1 aliphatic heterocycles. The molecule has 0 saturated carbocycles. The summed E-state index contributed by atoms with van der Waals surface area (Å²) in [6.45, 7) is 7.08. The first kappa shape index (κ1) is 22.3. The third-order valence-electron chi connectivity index (χ3n) is 6.28. The van der Waals surface area contributed by atoms with Crippen molar-refractivity contribution in [1.29, 1.82) is 0 Å². The van der Waals surface area contributed by atoms with Gasteiger partial charge in [-0.25, -0.2) is 4.98 Å². The number of pyridine rings is 1. The number of aryl methyl sites for hydroxylation is 1. The molecule has 0 bridgehead atoms. The Labute approximate surface area is 185 Å². The molecule has 2 N–H and O–H groups in total. The minimum atomic E-state index is -4.39. The molecule has 170 valence electrons. The lowest BCUT2D eigenvalue weighted by Crippen LogP contribution is -2.33. The van der Waals surface area contributed by atoms with Crippen LogP contribution in [0.15, 0.2) is 30.5 Å². The summed E-state index contributed by atoms with van der Waals surface area (Å²) in [5.74, 6) is 1.35. The van der Waals surface area contributed by atoms with Crippen LogP contribution < -0.4 is 15.5 Å². The number of hydrogen-bond acceptors (Lipinski definition) is 6. The minimum Gasteiger partial charge on any atom is -0.362 e. The maximum Gasteiger partial charge on any atom is 0.416 e. The zero-order valence-corrected chi connectivity index (χ0v) is 18.6. The molecule has 9 heteroatoms. The number of aromatic nitrogens is 3. The Morgan fingerprint density at radius 3 is 2.66 bits per heavy atom. The summed E-state index contributed by atoms with van der Waals surface area (Å²) in [7, 11) is 2.02. The van der Waals surface area contributed by atoms with Crippen molar-refractivity contribution in [3.8, 4) is 0 Å². The highest BCUT2D eigenvalue weighted by atomic mass is 19.4. The summed E-state index contributed by atoms with van der Waals surface area (Å²) in [6, 6.07) is 6.20. The average Bonchev–Trinajstić information content (AvgIpc) is 3.29. The fourth-order valence-corrected chi connectivity index (χ4v) is 4.33. The summed E-state index contributed by atoms with van der Waals surface area (Å²) in [6.07, 6.45) is -1.56. The third-order valence-corrected chi connectivity index (χ3v) is 6.28. The number of benzene rings is 1. The van der Waals surface area contributed by atoms with Gasteiger partial charge >= 0.3 is 6.18 Å². The second kappa shape index (κ2) is 8.54. The quantitative estimate of drug-likeness (QED) is 0.598. The van der Waals surface area contributed by atoms with Gasteiger partial charge in [-0.2, -0.15) is 18.3 Å². The maximum absolute atomic E-state index is 13.4. The number of fused-ring (bicyclic) bond motifs is 1. The lowest BCUT2D eigenvalue weighted by molar-refractivity contribution is -0.138. The van der Waals surface area contributed by atoms with Crippen LogP contribution in [0.2, 0.25) is 0 Å². The summed E-state index contributed by atoms with van der Waals surface area (Å²) < 4.78 is 40.1. The van der Waals surface area contributed by atoms with Crippen molar-refractivity contribution in [2.75, 3.05) is 30.4 Å². The summed E-state index contributed by atoms with van der Waals surface area (Å²) in [4.78, 5) is 6.77. The van der Waals surface area contributed by atoms with Crippen LogP contribution >= 0.6 is 0 Å². The Morgan fingerprint density at radius 2 is 1.97 bits per heavy atom. The van der Waals surface area contributed by atoms with E-state index in [2.05, 4.69) is 30.7 Å². The van der Waals surface area contributed by atoms with E-state index in [9.17, 15) is 13.2 Å². The molecule has 1 aliphatic rings.